The Labute approximate surface area is 174 Å². The first-order valence-electron chi connectivity index (χ1n) is 10.7. The highest BCUT2D eigenvalue weighted by Crippen LogP contribution is 2.30. The minimum Gasteiger partial charge on any atom is -0.383 e. The van der Waals surface area contributed by atoms with Crippen molar-refractivity contribution in [2.75, 3.05) is 31.9 Å². The minimum atomic E-state index is -3.40. The quantitative estimate of drug-likeness (QED) is 0.698. The second-order valence-corrected chi connectivity index (χ2v) is 9.82. The molecule has 2 aliphatic rings. The van der Waals surface area contributed by atoms with Gasteiger partial charge in [-0.3, -0.25) is 4.79 Å². The number of aromatic nitrogens is 1. The van der Waals surface area contributed by atoms with Gasteiger partial charge in [0, 0.05) is 43.8 Å². The van der Waals surface area contributed by atoms with Gasteiger partial charge in [-0.1, -0.05) is 26.7 Å². The Morgan fingerprint density at radius 1 is 1.17 bits per heavy atom. The summed E-state index contributed by atoms with van der Waals surface area (Å²) < 4.78 is 28.4. The third-order valence-electron chi connectivity index (χ3n) is 6.11. The van der Waals surface area contributed by atoms with Crippen LogP contribution in [0.2, 0.25) is 0 Å². The predicted octanol–water partition coefficient (Wildman–Crippen LogP) is 2.10. The summed E-state index contributed by atoms with van der Waals surface area (Å²) in [5.74, 6) is 0.233. The Hall–Kier alpha value is -1.71. The van der Waals surface area contributed by atoms with E-state index in [9.17, 15) is 13.2 Å². The number of nitrogens with two attached hydrogens (primary N) is 1. The van der Waals surface area contributed by atoms with Crippen molar-refractivity contribution in [2.45, 2.75) is 64.3 Å². The van der Waals surface area contributed by atoms with Gasteiger partial charge < -0.3 is 11.1 Å². The SMILES string of the molecule is CCN(CC)S(=O)(=O)N1CCC(c2ccc(C(=O)NC3CCCC3)c(N)n2)CC1. The first kappa shape index (κ1) is 22.0. The third kappa shape index (κ3) is 4.90. The second-order valence-electron chi connectivity index (χ2n) is 7.89. The smallest absolute Gasteiger partial charge is 0.281 e. The summed E-state index contributed by atoms with van der Waals surface area (Å²) in [6.07, 6.45) is 5.74. The minimum absolute atomic E-state index is 0.146. The normalized spacial score (nSPS) is 19.7. The Balaban J connectivity index is 1.62. The van der Waals surface area contributed by atoms with Crippen molar-refractivity contribution < 1.29 is 13.2 Å². The molecule has 0 bridgehead atoms. The number of amides is 1. The van der Waals surface area contributed by atoms with Gasteiger partial charge in [0.15, 0.2) is 0 Å². The van der Waals surface area contributed by atoms with Gasteiger partial charge in [-0.25, -0.2) is 4.98 Å². The number of piperidine rings is 1. The van der Waals surface area contributed by atoms with Crippen LogP contribution in [0, 0.1) is 0 Å². The van der Waals surface area contributed by atoms with E-state index in [1.807, 2.05) is 19.9 Å². The Morgan fingerprint density at radius 2 is 1.79 bits per heavy atom. The summed E-state index contributed by atoms with van der Waals surface area (Å²) >= 11 is 0. The van der Waals surface area contributed by atoms with Crippen LogP contribution in [0.3, 0.4) is 0 Å². The van der Waals surface area contributed by atoms with Crippen LogP contribution in [0.1, 0.15) is 74.3 Å². The van der Waals surface area contributed by atoms with E-state index in [0.717, 1.165) is 31.4 Å². The van der Waals surface area contributed by atoms with Crippen molar-refractivity contribution in [1.29, 1.82) is 0 Å². The average Bonchev–Trinajstić information content (AvgIpc) is 3.21. The van der Waals surface area contributed by atoms with Crippen molar-refractivity contribution in [3.8, 4) is 0 Å². The maximum absolute atomic E-state index is 12.7. The maximum atomic E-state index is 12.7. The van der Waals surface area contributed by atoms with E-state index < -0.39 is 10.2 Å². The van der Waals surface area contributed by atoms with Gasteiger partial charge >= 0.3 is 0 Å². The Morgan fingerprint density at radius 3 is 2.34 bits per heavy atom. The summed E-state index contributed by atoms with van der Waals surface area (Å²) in [6.45, 7) is 5.59. The van der Waals surface area contributed by atoms with E-state index in [2.05, 4.69) is 10.3 Å². The van der Waals surface area contributed by atoms with Crippen molar-refractivity contribution in [3.63, 3.8) is 0 Å². The van der Waals surface area contributed by atoms with E-state index in [1.54, 1.807) is 10.4 Å². The van der Waals surface area contributed by atoms with Crippen LogP contribution in [-0.4, -0.2) is 60.1 Å². The molecule has 29 heavy (non-hydrogen) atoms. The molecule has 2 heterocycles. The number of nitrogen functional groups attached to an aromatic ring is 1. The summed E-state index contributed by atoms with van der Waals surface area (Å²) in [6, 6.07) is 3.85. The molecule has 3 N–H and O–H groups in total. The van der Waals surface area contributed by atoms with E-state index >= 15 is 0 Å². The van der Waals surface area contributed by atoms with Gasteiger partial charge in [0.05, 0.1) is 5.56 Å². The molecule has 1 saturated heterocycles. The molecule has 2 fully saturated rings. The number of rotatable bonds is 7. The van der Waals surface area contributed by atoms with Crippen LogP contribution in [-0.2, 0) is 10.2 Å². The molecule has 3 rings (SSSR count). The highest BCUT2D eigenvalue weighted by molar-refractivity contribution is 7.86. The zero-order valence-corrected chi connectivity index (χ0v) is 18.2. The van der Waals surface area contributed by atoms with Gasteiger partial charge in [0.2, 0.25) is 0 Å². The van der Waals surface area contributed by atoms with Crippen LogP contribution < -0.4 is 11.1 Å². The number of hydrogen-bond acceptors (Lipinski definition) is 5. The predicted molar refractivity (Wildman–Crippen MR) is 114 cm³/mol. The van der Waals surface area contributed by atoms with Crippen molar-refractivity contribution in [2.24, 2.45) is 0 Å². The molecule has 0 spiro atoms. The number of carbonyl (C=O) groups excluding carboxylic acids is 1. The van der Waals surface area contributed by atoms with Crippen LogP contribution >= 0.6 is 0 Å². The van der Waals surface area contributed by atoms with Crippen molar-refractivity contribution in [3.05, 3.63) is 23.4 Å². The van der Waals surface area contributed by atoms with E-state index in [1.165, 1.54) is 4.31 Å². The fourth-order valence-corrected chi connectivity index (χ4v) is 5.99. The van der Waals surface area contributed by atoms with E-state index in [-0.39, 0.29) is 23.7 Å². The van der Waals surface area contributed by atoms with E-state index in [0.29, 0.717) is 44.6 Å². The lowest BCUT2D eigenvalue weighted by atomic mass is 9.93. The van der Waals surface area contributed by atoms with Crippen LogP contribution in [0.5, 0.6) is 0 Å². The van der Waals surface area contributed by atoms with Gasteiger partial charge in [0.1, 0.15) is 5.82 Å². The topological polar surface area (TPSA) is 109 Å². The second kappa shape index (κ2) is 9.40. The number of anilines is 1. The molecule has 9 heteroatoms. The Kier molecular flexibility index (Phi) is 7.13. The molecule has 162 valence electrons. The number of hydrogen-bond donors (Lipinski definition) is 2. The molecular formula is C20H33N5O3S. The molecule has 0 atom stereocenters. The zero-order chi connectivity index (χ0) is 21.0. The molecule has 1 amide bonds. The molecule has 1 saturated carbocycles. The fraction of sp³-hybridized carbons (Fsp3) is 0.700. The lowest BCUT2D eigenvalue weighted by molar-refractivity contribution is 0.0938. The highest BCUT2D eigenvalue weighted by Gasteiger charge is 2.32. The Bertz CT molecular complexity index is 811. The lowest BCUT2D eigenvalue weighted by Crippen LogP contribution is -2.46. The number of nitrogens with zero attached hydrogens (tertiary/aromatic N) is 3. The number of nitrogens with one attached hydrogen (secondary N) is 1. The summed E-state index contributed by atoms with van der Waals surface area (Å²) in [4.78, 5) is 17.0. The molecule has 0 unspecified atom stereocenters. The van der Waals surface area contributed by atoms with Gasteiger partial charge in [-0.05, 0) is 37.8 Å². The molecule has 1 aromatic heterocycles. The van der Waals surface area contributed by atoms with Crippen molar-refractivity contribution in [1.82, 2.24) is 18.9 Å². The summed E-state index contributed by atoms with van der Waals surface area (Å²) in [5.41, 5.74) is 7.34. The first-order chi connectivity index (χ1) is 13.9. The molecular weight excluding hydrogens is 390 g/mol. The first-order valence-corrected chi connectivity index (χ1v) is 12.1. The number of pyridine rings is 1. The fourth-order valence-electron chi connectivity index (χ4n) is 4.34. The van der Waals surface area contributed by atoms with Crippen molar-refractivity contribution >= 4 is 21.9 Å². The standard InChI is InChI=1S/C20H33N5O3S/c1-3-24(4-2)29(27,28)25-13-11-15(12-14-25)18-10-9-17(19(21)23-18)20(26)22-16-7-5-6-8-16/h9-10,15-16H,3-8,11-14H2,1-2H3,(H2,21,23)(H,22,26). The largest absolute Gasteiger partial charge is 0.383 e. The molecule has 1 aliphatic carbocycles. The lowest BCUT2D eigenvalue weighted by Gasteiger charge is -2.34. The van der Waals surface area contributed by atoms with Crippen LogP contribution in [0.25, 0.3) is 0 Å². The third-order valence-corrected chi connectivity index (χ3v) is 8.30. The van der Waals surface area contributed by atoms with Gasteiger partial charge in [-0.15, -0.1) is 0 Å². The number of carbonyl (C=O) groups is 1. The molecule has 0 aromatic carbocycles. The van der Waals surface area contributed by atoms with Gasteiger partial charge in [0.25, 0.3) is 16.1 Å². The average molecular weight is 424 g/mol. The molecule has 0 radical (unpaired) electrons. The van der Waals surface area contributed by atoms with Gasteiger partial charge in [-0.2, -0.15) is 17.0 Å². The summed E-state index contributed by atoms with van der Waals surface area (Å²) in [5, 5.41) is 3.04. The van der Waals surface area contributed by atoms with Crippen LogP contribution in [0.4, 0.5) is 5.82 Å². The van der Waals surface area contributed by atoms with Crippen LogP contribution in [0.15, 0.2) is 12.1 Å². The summed E-state index contributed by atoms with van der Waals surface area (Å²) in [7, 11) is -3.40. The van der Waals surface area contributed by atoms with E-state index in [4.69, 9.17) is 5.73 Å². The maximum Gasteiger partial charge on any atom is 0.281 e. The molecule has 1 aromatic rings. The zero-order valence-electron chi connectivity index (χ0n) is 17.4. The molecule has 8 nitrogen and oxygen atoms in total. The molecule has 1 aliphatic heterocycles. The highest BCUT2D eigenvalue weighted by atomic mass is 32.2. The monoisotopic (exact) mass is 423 g/mol.